The molecule has 0 saturated heterocycles. The summed E-state index contributed by atoms with van der Waals surface area (Å²) < 4.78 is 66.3. The molecule has 0 amide bonds. The van der Waals surface area contributed by atoms with Crippen molar-refractivity contribution >= 4 is 0 Å². The number of rotatable bonds is 5. The molecule has 0 aliphatic heterocycles. The van der Waals surface area contributed by atoms with Crippen molar-refractivity contribution in [1.82, 2.24) is 0 Å². The molecule has 2 aromatic rings. The normalized spacial score (nSPS) is 19.0. The van der Waals surface area contributed by atoms with Crippen LogP contribution in [0.1, 0.15) is 67.7 Å². The minimum absolute atomic E-state index is 0.122. The molecular weight excluding hydrogens is 407 g/mol. The Morgan fingerprint density at radius 3 is 2.03 bits per heavy atom. The Bertz CT molecular complexity index is 900. The Morgan fingerprint density at radius 1 is 0.871 bits per heavy atom. The molecular formula is C26H27F5. The molecule has 1 aliphatic carbocycles. The van der Waals surface area contributed by atoms with E-state index < -0.39 is 23.4 Å². The van der Waals surface area contributed by atoms with Gasteiger partial charge in [0.2, 0.25) is 0 Å². The van der Waals surface area contributed by atoms with Gasteiger partial charge in [-0.15, -0.1) is 0 Å². The first-order valence-corrected chi connectivity index (χ1v) is 10.9. The van der Waals surface area contributed by atoms with Crippen molar-refractivity contribution in [3.63, 3.8) is 0 Å². The van der Waals surface area contributed by atoms with Crippen LogP contribution in [0.5, 0.6) is 0 Å². The Hall–Kier alpha value is -2.35. The SMILES string of the molecule is CCCc1cc(F)c(C#CC2CCC(CCc3ccc(C(F)(F)F)cc3)CC2)c(F)c1. The molecule has 0 unspecified atom stereocenters. The second kappa shape index (κ2) is 10.3. The van der Waals surface area contributed by atoms with Gasteiger partial charge < -0.3 is 0 Å². The molecule has 0 aromatic heterocycles. The number of halogens is 5. The Morgan fingerprint density at radius 2 is 1.48 bits per heavy atom. The molecule has 0 N–H and O–H groups in total. The fraction of sp³-hybridized carbons (Fsp3) is 0.462. The molecule has 5 heteroatoms. The molecule has 0 heterocycles. The number of benzene rings is 2. The van der Waals surface area contributed by atoms with Gasteiger partial charge in [0.15, 0.2) is 0 Å². The molecule has 1 fully saturated rings. The first-order chi connectivity index (χ1) is 14.8. The van der Waals surface area contributed by atoms with E-state index in [0.29, 0.717) is 17.9 Å². The summed E-state index contributed by atoms with van der Waals surface area (Å²) >= 11 is 0. The summed E-state index contributed by atoms with van der Waals surface area (Å²) in [5.74, 6) is 5.20. The molecule has 0 spiro atoms. The molecule has 0 nitrogen and oxygen atoms in total. The van der Waals surface area contributed by atoms with Crippen LogP contribution in [0.3, 0.4) is 0 Å². The zero-order valence-electron chi connectivity index (χ0n) is 17.7. The number of hydrogen-bond donors (Lipinski definition) is 0. The third-order valence-corrected chi connectivity index (χ3v) is 6.01. The van der Waals surface area contributed by atoms with Crippen LogP contribution in [0.15, 0.2) is 36.4 Å². The second-order valence-electron chi connectivity index (χ2n) is 8.40. The average Bonchev–Trinajstić information content (AvgIpc) is 2.72. The minimum Gasteiger partial charge on any atom is -0.206 e. The summed E-state index contributed by atoms with van der Waals surface area (Å²) in [5.41, 5.74) is 0.788. The maximum Gasteiger partial charge on any atom is 0.416 e. The van der Waals surface area contributed by atoms with Gasteiger partial charge in [0.1, 0.15) is 11.6 Å². The van der Waals surface area contributed by atoms with E-state index in [1.165, 1.54) is 12.1 Å². The number of aryl methyl sites for hydroxylation is 2. The molecule has 0 atom stereocenters. The lowest BCUT2D eigenvalue weighted by molar-refractivity contribution is -0.137. The Labute approximate surface area is 180 Å². The molecule has 0 bridgehead atoms. The Kier molecular flexibility index (Phi) is 7.75. The molecule has 2 aromatic carbocycles. The fourth-order valence-corrected chi connectivity index (χ4v) is 4.18. The van der Waals surface area contributed by atoms with Crippen LogP contribution in [0.2, 0.25) is 0 Å². The van der Waals surface area contributed by atoms with Gasteiger partial charge in [-0.3, -0.25) is 0 Å². The van der Waals surface area contributed by atoms with E-state index in [0.717, 1.165) is 62.6 Å². The average molecular weight is 434 g/mol. The third kappa shape index (κ3) is 6.56. The monoisotopic (exact) mass is 434 g/mol. The quantitative estimate of drug-likeness (QED) is 0.334. The van der Waals surface area contributed by atoms with Gasteiger partial charge in [0, 0.05) is 5.92 Å². The maximum atomic E-state index is 14.2. The van der Waals surface area contributed by atoms with Crippen molar-refractivity contribution in [3.05, 3.63) is 70.3 Å². The molecule has 166 valence electrons. The highest BCUT2D eigenvalue weighted by Crippen LogP contribution is 2.32. The summed E-state index contributed by atoms with van der Waals surface area (Å²) in [5, 5.41) is 0. The van der Waals surface area contributed by atoms with Crippen LogP contribution in [0, 0.1) is 35.3 Å². The molecule has 1 aliphatic rings. The largest absolute Gasteiger partial charge is 0.416 e. The standard InChI is InChI=1S/C26H27F5/c1-2-3-21-16-24(27)23(25(28)17-21)15-12-19-7-4-18(5-8-19)6-9-20-10-13-22(14-11-20)26(29,30)31/h10-11,13-14,16-19H,2-9H2,1H3. The van der Waals surface area contributed by atoms with Crippen LogP contribution >= 0.6 is 0 Å². The summed E-state index contributed by atoms with van der Waals surface area (Å²) in [4.78, 5) is 0. The minimum atomic E-state index is -4.30. The van der Waals surface area contributed by atoms with Gasteiger partial charge in [0.25, 0.3) is 0 Å². The lowest BCUT2D eigenvalue weighted by atomic mass is 9.79. The van der Waals surface area contributed by atoms with Crippen molar-refractivity contribution in [2.75, 3.05) is 0 Å². The first-order valence-electron chi connectivity index (χ1n) is 10.9. The zero-order valence-corrected chi connectivity index (χ0v) is 17.7. The van der Waals surface area contributed by atoms with Crippen LogP contribution in [0.4, 0.5) is 22.0 Å². The van der Waals surface area contributed by atoms with Crippen LogP contribution in [-0.2, 0) is 19.0 Å². The van der Waals surface area contributed by atoms with Crippen molar-refractivity contribution in [1.29, 1.82) is 0 Å². The molecule has 31 heavy (non-hydrogen) atoms. The molecule has 3 rings (SSSR count). The van der Waals surface area contributed by atoms with Gasteiger partial charge >= 0.3 is 6.18 Å². The number of alkyl halides is 3. The van der Waals surface area contributed by atoms with E-state index in [9.17, 15) is 22.0 Å². The first kappa shape index (κ1) is 23.3. The van der Waals surface area contributed by atoms with Gasteiger partial charge in [0.05, 0.1) is 11.1 Å². The Balaban J connectivity index is 1.50. The predicted molar refractivity (Wildman–Crippen MR) is 112 cm³/mol. The van der Waals surface area contributed by atoms with Gasteiger partial charge in [-0.25, -0.2) is 8.78 Å². The van der Waals surface area contributed by atoms with E-state index in [2.05, 4.69) is 11.8 Å². The van der Waals surface area contributed by atoms with Crippen LogP contribution in [-0.4, -0.2) is 0 Å². The topological polar surface area (TPSA) is 0 Å². The summed E-state index contributed by atoms with van der Waals surface area (Å²) in [6, 6.07) is 8.11. The van der Waals surface area contributed by atoms with Crippen molar-refractivity contribution in [2.45, 2.75) is 64.5 Å². The second-order valence-corrected chi connectivity index (χ2v) is 8.40. The highest BCUT2D eigenvalue weighted by molar-refractivity contribution is 5.39. The van der Waals surface area contributed by atoms with Crippen LogP contribution < -0.4 is 0 Å². The van der Waals surface area contributed by atoms with Crippen molar-refractivity contribution in [3.8, 4) is 11.8 Å². The predicted octanol–water partition coefficient (Wildman–Crippen LogP) is 7.73. The fourth-order valence-electron chi connectivity index (χ4n) is 4.18. The third-order valence-electron chi connectivity index (χ3n) is 6.01. The molecule has 1 saturated carbocycles. The highest BCUT2D eigenvalue weighted by atomic mass is 19.4. The van der Waals surface area contributed by atoms with Crippen LogP contribution in [0.25, 0.3) is 0 Å². The van der Waals surface area contributed by atoms with Gasteiger partial charge in [-0.1, -0.05) is 37.3 Å². The maximum absolute atomic E-state index is 14.2. The smallest absolute Gasteiger partial charge is 0.206 e. The lowest BCUT2D eigenvalue weighted by Crippen LogP contribution is -2.14. The lowest BCUT2D eigenvalue weighted by Gasteiger charge is -2.25. The number of hydrogen-bond acceptors (Lipinski definition) is 0. The van der Waals surface area contributed by atoms with E-state index in [1.807, 2.05) is 6.92 Å². The highest BCUT2D eigenvalue weighted by Gasteiger charge is 2.30. The van der Waals surface area contributed by atoms with E-state index in [-0.39, 0.29) is 11.5 Å². The summed E-state index contributed by atoms with van der Waals surface area (Å²) in [6.45, 7) is 1.96. The van der Waals surface area contributed by atoms with E-state index in [1.54, 1.807) is 12.1 Å². The summed E-state index contributed by atoms with van der Waals surface area (Å²) in [7, 11) is 0. The van der Waals surface area contributed by atoms with Gasteiger partial charge in [-0.2, -0.15) is 13.2 Å². The summed E-state index contributed by atoms with van der Waals surface area (Å²) in [6.07, 6.45) is 2.53. The zero-order chi connectivity index (χ0) is 22.4. The van der Waals surface area contributed by atoms with Crippen molar-refractivity contribution in [2.24, 2.45) is 11.8 Å². The molecule has 0 radical (unpaired) electrons. The van der Waals surface area contributed by atoms with Gasteiger partial charge in [-0.05, 0) is 86.3 Å². The van der Waals surface area contributed by atoms with Crippen molar-refractivity contribution < 1.29 is 22.0 Å². The van der Waals surface area contributed by atoms with E-state index in [4.69, 9.17) is 0 Å². The van der Waals surface area contributed by atoms with E-state index >= 15 is 0 Å².